The molecule has 1 aromatic heterocycles. The molecule has 0 aliphatic carbocycles. The Hall–Kier alpha value is -0.870. The van der Waals surface area contributed by atoms with Crippen LogP contribution in [0.3, 0.4) is 0 Å². The molecule has 1 aromatic rings. The largest absolute Gasteiger partial charge is 0.385 e. The standard InChI is InChI=1S/C12H20ClN3O/c1-5-10-14-11(13)9(2)12(15-10)16(3)7-6-8-17-4/h5-8H2,1-4H3. The highest BCUT2D eigenvalue weighted by Crippen LogP contribution is 2.22. The lowest BCUT2D eigenvalue weighted by Gasteiger charge is -2.20. The third-order valence-electron chi connectivity index (χ3n) is 2.63. The summed E-state index contributed by atoms with van der Waals surface area (Å²) in [5, 5.41) is 0.547. The lowest BCUT2D eigenvalue weighted by atomic mass is 10.3. The van der Waals surface area contributed by atoms with E-state index in [1.165, 1.54) is 0 Å². The summed E-state index contributed by atoms with van der Waals surface area (Å²) in [5.74, 6) is 1.70. The zero-order valence-electron chi connectivity index (χ0n) is 11.0. The van der Waals surface area contributed by atoms with E-state index < -0.39 is 0 Å². The van der Waals surface area contributed by atoms with Gasteiger partial charge in [0, 0.05) is 39.3 Å². The minimum atomic E-state index is 0.547. The van der Waals surface area contributed by atoms with Crippen molar-refractivity contribution in [3.63, 3.8) is 0 Å². The van der Waals surface area contributed by atoms with E-state index in [-0.39, 0.29) is 0 Å². The number of rotatable bonds is 6. The SMILES string of the molecule is CCc1nc(Cl)c(C)c(N(C)CCCOC)n1. The zero-order chi connectivity index (χ0) is 12.8. The quantitative estimate of drug-likeness (QED) is 0.580. The summed E-state index contributed by atoms with van der Waals surface area (Å²) in [5.41, 5.74) is 0.934. The normalized spacial score (nSPS) is 10.6. The molecule has 0 fully saturated rings. The highest BCUT2D eigenvalue weighted by Gasteiger charge is 2.12. The molecule has 96 valence electrons. The van der Waals surface area contributed by atoms with E-state index in [4.69, 9.17) is 16.3 Å². The second-order valence-electron chi connectivity index (χ2n) is 4.00. The van der Waals surface area contributed by atoms with Crippen molar-refractivity contribution >= 4 is 17.4 Å². The van der Waals surface area contributed by atoms with Crippen LogP contribution in [0.4, 0.5) is 5.82 Å². The van der Waals surface area contributed by atoms with Crippen molar-refractivity contribution in [2.75, 3.05) is 32.2 Å². The van der Waals surface area contributed by atoms with E-state index in [0.29, 0.717) is 5.15 Å². The van der Waals surface area contributed by atoms with Gasteiger partial charge >= 0.3 is 0 Å². The number of hydrogen-bond donors (Lipinski definition) is 0. The van der Waals surface area contributed by atoms with Crippen LogP contribution in [0.5, 0.6) is 0 Å². The summed E-state index contributed by atoms with van der Waals surface area (Å²) >= 11 is 6.10. The van der Waals surface area contributed by atoms with Crippen LogP contribution in [0.15, 0.2) is 0 Å². The van der Waals surface area contributed by atoms with Crippen molar-refractivity contribution in [3.05, 3.63) is 16.5 Å². The van der Waals surface area contributed by atoms with Crippen LogP contribution in [0, 0.1) is 6.92 Å². The Labute approximate surface area is 108 Å². The molecule has 0 aromatic carbocycles. The maximum absolute atomic E-state index is 6.10. The molecule has 0 bridgehead atoms. The Morgan fingerprint density at radius 1 is 1.35 bits per heavy atom. The Kier molecular flexibility index (Phi) is 5.65. The minimum Gasteiger partial charge on any atom is -0.385 e. The Balaban J connectivity index is 2.84. The number of aromatic nitrogens is 2. The monoisotopic (exact) mass is 257 g/mol. The molecule has 0 saturated heterocycles. The molecule has 0 aliphatic heterocycles. The third-order valence-corrected chi connectivity index (χ3v) is 2.99. The molecule has 0 amide bonds. The summed E-state index contributed by atoms with van der Waals surface area (Å²) in [6.45, 7) is 5.62. The van der Waals surface area contributed by atoms with Crippen LogP contribution in [0.25, 0.3) is 0 Å². The van der Waals surface area contributed by atoms with Crippen molar-refractivity contribution in [1.29, 1.82) is 0 Å². The fourth-order valence-corrected chi connectivity index (χ4v) is 1.78. The summed E-state index contributed by atoms with van der Waals surface area (Å²) in [4.78, 5) is 10.9. The van der Waals surface area contributed by atoms with Crippen LogP contribution in [-0.2, 0) is 11.2 Å². The van der Waals surface area contributed by atoms with Crippen molar-refractivity contribution < 1.29 is 4.74 Å². The van der Waals surface area contributed by atoms with Gasteiger partial charge in [0.05, 0.1) is 0 Å². The van der Waals surface area contributed by atoms with Gasteiger partial charge in [-0.3, -0.25) is 0 Å². The molecule has 17 heavy (non-hydrogen) atoms. The van der Waals surface area contributed by atoms with Crippen LogP contribution in [0.1, 0.15) is 24.7 Å². The van der Waals surface area contributed by atoms with E-state index in [1.54, 1.807) is 7.11 Å². The molecular weight excluding hydrogens is 238 g/mol. The predicted octanol–water partition coefficient (Wildman–Crippen LogP) is 2.47. The minimum absolute atomic E-state index is 0.547. The number of anilines is 1. The van der Waals surface area contributed by atoms with Gasteiger partial charge in [0.1, 0.15) is 16.8 Å². The number of hydrogen-bond acceptors (Lipinski definition) is 4. The molecule has 0 atom stereocenters. The first-order valence-electron chi connectivity index (χ1n) is 5.83. The third kappa shape index (κ3) is 3.82. The second kappa shape index (κ2) is 6.77. The number of halogens is 1. The molecule has 0 N–H and O–H groups in total. The number of aryl methyl sites for hydroxylation is 1. The fourth-order valence-electron chi connectivity index (χ4n) is 1.60. The first-order chi connectivity index (χ1) is 8.10. The van der Waals surface area contributed by atoms with Gasteiger partial charge in [-0.25, -0.2) is 9.97 Å². The van der Waals surface area contributed by atoms with E-state index in [2.05, 4.69) is 14.9 Å². The van der Waals surface area contributed by atoms with E-state index in [9.17, 15) is 0 Å². The van der Waals surface area contributed by atoms with E-state index in [1.807, 2.05) is 20.9 Å². The molecule has 0 unspecified atom stereocenters. The van der Waals surface area contributed by atoms with Crippen molar-refractivity contribution in [1.82, 2.24) is 9.97 Å². The Morgan fingerprint density at radius 2 is 2.06 bits per heavy atom. The molecule has 1 rings (SSSR count). The smallest absolute Gasteiger partial charge is 0.137 e. The Morgan fingerprint density at radius 3 is 2.65 bits per heavy atom. The first kappa shape index (κ1) is 14.2. The van der Waals surface area contributed by atoms with Gasteiger partial charge in [-0.1, -0.05) is 18.5 Å². The molecule has 5 heteroatoms. The molecule has 4 nitrogen and oxygen atoms in total. The summed E-state index contributed by atoms with van der Waals surface area (Å²) < 4.78 is 5.04. The summed E-state index contributed by atoms with van der Waals surface area (Å²) in [7, 11) is 3.72. The number of ether oxygens (including phenoxy) is 1. The van der Waals surface area contributed by atoms with Crippen LogP contribution >= 0.6 is 11.6 Å². The summed E-state index contributed by atoms with van der Waals surface area (Å²) in [6.07, 6.45) is 1.76. The van der Waals surface area contributed by atoms with Crippen molar-refractivity contribution in [3.8, 4) is 0 Å². The first-order valence-corrected chi connectivity index (χ1v) is 6.21. The highest BCUT2D eigenvalue weighted by molar-refractivity contribution is 6.30. The lowest BCUT2D eigenvalue weighted by Crippen LogP contribution is -2.22. The van der Waals surface area contributed by atoms with Gasteiger partial charge < -0.3 is 9.64 Å². The van der Waals surface area contributed by atoms with Gasteiger partial charge in [0.2, 0.25) is 0 Å². The molecule has 0 saturated carbocycles. The Bertz CT molecular complexity index is 371. The molecular formula is C12H20ClN3O. The van der Waals surface area contributed by atoms with Crippen LogP contribution < -0.4 is 4.90 Å². The zero-order valence-corrected chi connectivity index (χ0v) is 11.7. The molecule has 0 radical (unpaired) electrons. The van der Waals surface area contributed by atoms with Crippen molar-refractivity contribution in [2.45, 2.75) is 26.7 Å². The molecule has 0 spiro atoms. The summed E-state index contributed by atoms with van der Waals surface area (Å²) in [6, 6.07) is 0. The predicted molar refractivity (Wildman–Crippen MR) is 70.9 cm³/mol. The number of nitrogens with zero attached hydrogens (tertiary/aromatic N) is 3. The van der Waals surface area contributed by atoms with Gasteiger partial charge in [-0.2, -0.15) is 0 Å². The average Bonchev–Trinajstić information content (AvgIpc) is 2.32. The fraction of sp³-hybridized carbons (Fsp3) is 0.667. The molecule has 1 heterocycles. The van der Waals surface area contributed by atoms with Gasteiger partial charge in [-0.15, -0.1) is 0 Å². The van der Waals surface area contributed by atoms with E-state index >= 15 is 0 Å². The average molecular weight is 258 g/mol. The lowest BCUT2D eigenvalue weighted by molar-refractivity contribution is 0.196. The second-order valence-corrected chi connectivity index (χ2v) is 4.36. The number of methoxy groups -OCH3 is 1. The van der Waals surface area contributed by atoms with E-state index in [0.717, 1.165) is 43.2 Å². The van der Waals surface area contributed by atoms with Crippen LogP contribution in [0.2, 0.25) is 5.15 Å². The maximum Gasteiger partial charge on any atom is 0.137 e. The van der Waals surface area contributed by atoms with Gasteiger partial charge in [0.15, 0.2) is 0 Å². The maximum atomic E-state index is 6.10. The van der Waals surface area contributed by atoms with Crippen molar-refractivity contribution in [2.24, 2.45) is 0 Å². The highest BCUT2D eigenvalue weighted by atomic mass is 35.5. The van der Waals surface area contributed by atoms with Crippen LogP contribution in [-0.4, -0.2) is 37.3 Å². The van der Waals surface area contributed by atoms with Gasteiger partial charge in [0.25, 0.3) is 0 Å². The molecule has 0 aliphatic rings. The topological polar surface area (TPSA) is 38.2 Å². The van der Waals surface area contributed by atoms with Gasteiger partial charge in [-0.05, 0) is 13.3 Å².